The van der Waals surface area contributed by atoms with Crippen molar-refractivity contribution in [1.29, 1.82) is 0 Å². The highest BCUT2D eigenvalue weighted by atomic mass is 16.5. The van der Waals surface area contributed by atoms with E-state index in [1.165, 1.54) is 4.90 Å². The lowest BCUT2D eigenvalue weighted by Crippen LogP contribution is -2.48. The van der Waals surface area contributed by atoms with Crippen molar-refractivity contribution < 1.29 is 24.2 Å². The van der Waals surface area contributed by atoms with Crippen molar-refractivity contribution in [3.63, 3.8) is 0 Å². The largest absolute Gasteiger partial charge is 0.479 e. The molecule has 20 heavy (non-hydrogen) atoms. The summed E-state index contributed by atoms with van der Waals surface area (Å²) in [5.74, 6) is -1.23. The zero-order chi connectivity index (χ0) is 14.5. The molecule has 1 heterocycles. The van der Waals surface area contributed by atoms with Gasteiger partial charge in [-0.2, -0.15) is 0 Å². The third-order valence-electron chi connectivity index (χ3n) is 3.11. The Morgan fingerprint density at radius 3 is 3.00 bits per heavy atom. The van der Waals surface area contributed by atoms with Crippen LogP contribution in [0.5, 0.6) is 0 Å². The second-order valence-electron chi connectivity index (χ2n) is 4.58. The van der Waals surface area contributed by atoms with Crippen molar-refractivity contribution in [3.8, 4) is 0 Å². The number of rotatable bonds is 4. The van der Waals surface area contributed by atoms with Gasteiger partial charge in [-0.1, -0.05) is 12.1 Å². The van der Waals surface area contributed by atoms with E-state index in [1.54, 1.807) is 25.3 Å². The van der Waals surface area contributed by atoms with Crippen molar-refractivity contribution in [2.24, 2.45) is 0 Å². The molecule has 6 heteroatoms. The molecule has 1 aromatic carbocycles. The highest BCUT2D eigenvalue weighted by molar-refractivity contribution is 5.94. The number of carboxylic acid groups (broad SMARTS) is 1. The van der Waals surface area contributed by atoms with Gasteiger partial charge in [0.25, 0.3) is 5.91 Å². The molecule has 6 nitrogen and oxygen atoms in total. The highest BCUT2D eigenvalue weighted by Gasteiger charge is 2.29. The van der Waals surface area contributed by atoms with Crippen molar-refractivity contribution in [2.75, 3.05) is 26.8 Å². The lowest BCUT2D eigenvalue weighted by molar-refractivity contribution is -0.154. The lowest BCUT2D eigenvalue weighted by atomic mass is 10.1. The minimum Gasteiger partial charge on any atom is -0.479 e. The van der Waals surface area contributed by atoms with Gasteiger partial charge in [0.05, 0.1) is 19.8 Å². The summed E-state index contributed by atoms with van der Waals surface area (Å²) in [6.45, 7) is 1.14. The van der Waals surface area contributed by atoms with E-state index >= 15 is 0 Å². The molecule has 1 fully saturated rings. The molecule has 1 saturated heterocycles. The van der Waals surface area contributed by atoms with E-state index in [2.05, 4.69) is 0 Å². The van der Waals surface area contributed by atoms with Crippen LogP contribution in [-0.2, 0) is 20.9 Å². The summed E-state index contributed by atoms with van der Waals surface area (Å²) >= 11 is 0. The van der Waals surface area contributed by atoms with Gasteiger partial charge in [0.15, 0.2) is 6.10 Å². The third-order valence-corrected chi connectivity index (χ3v) is 3.11. The van der Waals surface area contributed by atoms with Gasteiger partial charge in [-0.05, 0) is 17.7 Å². The molecule has 1 atom stereocenters. The van der Waals surface area contributed by atoms with Crippen LogP contribution in [0, 0.1) is 0 Å². The summed E-state index contributed by atoms with van der Waals surface area (Å²) in [5.41, 5.74) is 1.44. The fraction of sp³-hybridized carbons (Fsp3) is 0.429. The Balaban J connectivity index is 2.10. The number of amides is 1. The van der Waals surface area contributed by atoms with Gasteiger partial charge < -0.3 is 19.5 Å². The van der Waals surface area contributed by atoms with Gasteiger partial charge in [0, 0.05) is 19.2 Å². The molecule has 108 valence electrons. The summed E-state index contributed by atoms with van der Waals surface area (Å²) in [5, 5.41) is 8.94. The van der Waals surface area contributed by atoms with Gasteiger partial charge >= 0.3 is 5.97 Å². The number of morpholine rings is 1. The van der Waals surface area contributed by atoms with Crippen LogP contribution >= 0.6 is 0 Å². The van der Waals surface area contributed by atoms with E-state index < -0.39 is 12.1 Å². The number of hydrogen-bond acceptors (Lipinski definition) is 4. The highest BCUT2D eigenvalue weighted by Crippen LogP contribution is 2.13. The second-order valence-corrected chi connectivity index (χ2v) is 4.58. The topological polar surface area (TPSA) is 76.1 Å². The number of benzene rings is 1. The van der Waals surface area contributed by atoms with Crippen LogP contribution in [0.3, 0.4) is 0 Å². The predicted molar refractivity (Wildman–Crippen MR) is 70.4 cm³/mol. The van der Waals surface area contributed by atoms with Crippen LogP contribution in [0.2, 0.25) is 0 Å². The van der Waals surface area contributed by atoms with Crippen LogP contribution in [0.15, 0.2) is 24.3 Å². The van der Waals surface area contributed by atoms with Crippen LogP contribution < -0.4 is 0 Å². The molecule has 1 N–H and O–H groups in total. The van der Waals surface area contributed by atoms with Crippen LogP contribution in [-0.4, -0.2) is 54.8 Å². The van der Waals surface area contributed by atoms with E-state index in [9.17, 15) is 9.59 Å². The Morgan fingerprint density at radius 1 is 1.50 bits per heavy atom. The molecule has 1 aliphatic rings. The first-order valence-electron chi connectivity index (χ1n) is 6.33. The number of hydrogen-bond donors (Lipinski definition) is 1. The Kier molecular flexibility index (Phi) is 4.70. The van der Waals surface area contributed by atoms with Gasteiger partial charge in [-0.3, -0.25) is 4.79 Å². The molecule has 0 aliphatic carbocycles. The molecule has 0 saturated carbocycles. The maximum atomic E-state index is 12.4. The van der Waals surface area contributed by atoms with Gasteiger partial charge in [-0.25, -0.2) is 4.79 Å². The van der Waals surface area contributed by atoms with Crippen molar-refractivity contribution in [1.82, 2.24) is 4.90 Å². The van der Waals surface area contributed by atoms with E-state index in [1.807, 2.05) is 6.07 Å². The quantitative estimate of drug-likeness (QED) is 0.880. The molecule has 1 amide bonds. The molecule has 0 radical (unpaired) electrons. The first kappa shape index (κ1) is 14.5. The first-order valence-corrected chi connectivity index (χ1v) is 6.33. The van der Waals surface area contributed by atoms with Crippen molar-refractivity contribution >= 4 is 11.9 Å². The van der Waals surface area contributed by atoms with E-state index in [0.29, 0.717) is 18.7 Å². The fourth-order valence-corrected chi connectivity index (χ4v) is 2.13. The maximum Gasteiger partial charge on any atom is 0.334 e. The van der Waals surface area contributed by atoms with E-state index in [4.69, 9.17) is 14.6 Å². The number of aliphatic carboxylic acids is 1. The number of carbonyl (C=O) groups excluding carboxylic acids is 1. The minimum atomic E-state index is -1.05. The van der Waals surface area contributed by atoms with Crippen LogP contribution in [0.4, 0.5) is 0 Å². The number of carboxylic acids is 1. The molecule has 2 rings (SSSR count). The standard InChI is InChI=1S/C14H17NO5/c1-19-9-10-3-2-4-11(7-10)13(16)15-5-6-20-12(8-15)14(17)18/h2-4,7,12H,5-6,8-9H2,1H3,(H,17,18)/t12-/m1/s1. The van der Waals surface area contributed by atoms with Crippen LogP contribution in [0.25, 0.3) is 0 Å². The Morgan fingerprint density at radius 2 is 2.30 bits per heavy atom. The molecular weight excluding hydrogens is 262 g/mol. The Hall–Kier alpha value is -1.92. The molecule has 1 aromatic rings. The minimum absolute atomic E-state index is 0.0721. The zero-order valence-corrected chi connectivity index (χ0v) is 11.2. The summed E-state index contributed by atoms with van der Waals surface area (Å²) in [6, 6.07) is 7.14. The molecule has 0 bridgehead atoms. The number of methoxy groups -OCH3 is 1. The zero-order valence-electron chi connectivity index (χ0n) is 11.2. The number of carbonyl (C=O) groups is 2. The molecule has 1 aliphatic heterocycles. The molecular formula is C14H17NO5. The van der Waals surface area contributed by atoms with Gasteiger partial charge in [-0.15, -0.1) is 0 Å². The summed E-state index contributed by atoms with van der Waals surface area (Å²) in [6.07, 6.45) is -0.949. The monoisotopic (exact) mass is 279 g/mol. The smallest absolute Gasteiger partial charge is 0.334 e. The predicted octanol–water partition coefficient (Wildman–Crippen LogP) is 0.759. The SMILES string of the molecule is COCc1cccc(C(=O)N2CCO[C@@H](C(=O)O)C2)c1. The van der Waals surface area contributed by atoms with Gasteiger partial charge in [0.1, 0.15) is 0 Å². The van der Waals surface area contributed by atoms with Crippen LogP contribution in [0.1, 0.15) is 15.9 Å². The normalized spacial score (nSPS) is 18.9. The average Bonchev–Trinajstić information content (AvgIpc) is 2.47. The van der Waals surface area contributed by atoms with Gasteiger partial charge in [0.2, 0.25) is 0 Å². The van der Waals surface area contributed by atoms with E-state index in [0.717, 1.165) is 5.56 Å². The fourth-order valence-electron chi connectivity index (χ4n) is 2.13. The molecule has 0 spiro atoms. The summed E-state index contributed by atoms with van der Waals surface area (Å²) in [7, 11) is 1.59. The first-order chi connectivity index (χ1) is 9.61. The van der Waals surface area contributed by atoms with Crippen molar-refractivity contribution in [3.05, 3.63) is 35.4 Å². The number of nitrogens with zero attached hydrogens (tertiary/aromatic N) is 1. The Bertz CT molecular complexity index is 502. The van der Waals surface area contributed by atoms with Crippen molar-refractivity contribution in [2.45, 2.75) is 12.7 Å². The lowest BCUT2D eigenvalue weighted by Gasteiger charge is -2.31. The Labute approximate surface area is 116 Å². The molecule has 0 unspecified atom stereocenters. The maximum absolute atomic E-state index is 12.4. The number of ether oxygens (including phenoxy) is 2. The average molecular weight is 279 g/mol. The second kappa shape index (κ2) is 6.49. The summed E-state index contributed by atoms with van der Waals surface area (Å²) in [4.78, 5) is 24.8. The third kappa shape index (κ3) is 3.34. The molecule has 0 aromatic heterocycles. The van der Waals surface area contributed by atoms with E-state index in [-0.39, 0.29) is 19.1 Å². The summed E-state index contributed by atoms with van der Waals surface area (Å²) < 4.78 is 10.1.